The maximum absolute atomic E-state index is 11.3. The topological polar surface area (TPSA) is 102 Å². The van der Waals surface area contributed by atoms with Gasteiger partial charge in [0.05, 0.1) is 5.69 Å². The number of hydrogen-bond acceptors (Lipinski definition) is 6. The molecule has 0 atom stereocenters. The summed E-state index contributed by atoms with van der Waals surface area (Å²) in [5.41, 5.74) is 4.70. The van der Waals surface area contributed by atoms with Crippen molar-refractivity contribution in [3.05, 3.63) is 39.7 Å². The van der Waals surface area contributed by atoms with E-state index < -0.39 is 5.63 Å². The summed E-state index contributed by atoms with van der Waals surface area (Å²) in [5, 5.41) is 21.7. The highest BCUT2D eigenvalue weighted by atomic mass is 16.4. The normalized spacial score (nSPS) is 9.60. The minimum atomic E-state index is -0.399. The van der Waals surface area contributed by atoms with Crippen molar-refractivity contribution in [2.75, 3.05) is 5.43 Å². The molecule has 0 saturated carbocycles. The van der Waals surface area contributed by atoms with Crippen molar-refractivity contribution in [1.82, 2.24) is 0 Å². The van der Waals surface area contributed by atoms with Crippen molar-refractivity contribution in [1.29, 1.82) is 10.5 Å². The molecule has 0 saturated heterocycles. The first-order valence-electron chi connectivity index (χ1n) is 5.74. The van der Waals surface area contributed by atoms with Crippen LogP contribution in [0.4, 0.5) is 5.69 Å². The molecule has 0 aliphatic carbocycles. The molecule has 0 fully saturated rings. The average molecular weight is 266 g/mol. The number of hydrazone groups is 1. The van der Waals surface area contributed by atoms with Crippen LogP contribution < -0.4 is 11.1 Å². The zero-order valence-electron chi connectivity index (χ0n) is 10.9. The Bertz CT molecular complexity index is 834. The second-order valence-corrected chi connectivity index (χ2v) is 4.21. The van der Waals surface area contributed by atoms with Crippen LogP contribution in [-0.2, 0) is 0 Å². The van der Waals surface area contributed by atoms with E-state index in [1.807, 2.05) is 0 Å². The molecular formula is C14H10N4O2. The van der Waals surface area contributed by atoms with Gasteiger partial charge in [-0.05, 0) is 37.1 Å². The fourth-order valence-corrected chi connectivity index (χ4v) is 1.78. The van der Waals surface area contributed by atoms with Crippen molar-refractivity contribution in [2.45, 2.75) is 13.8 Å². The molecule has 6 heteroatoms. The van der Waals surface area contributed by atoms with E-state index in [1.54, 1.807) is 38.1 Å². The Hall–Kier alpha value is -3.12. The molecule has 0 amide bonds. The molecule has 0 unspecified atom stereocenters. The quantitative estimate of drug-likeness (QED) is 0.510. The lowest BCUT2D eigenvalue weighted by molar-refractivity contribution is 0.559. The molecule has 1 heterocycles. The van der Waals surface area contributed by atoms with Gasteiger partial charge in [-0.1, -0.05) is 0 Å². The van der Waals surface area contributed by atoms with Gasteiger partial charge in [0.2, 0.25) is 5.71 Å². The molecule has 0 aliphatic rings. The van der Waals surface area contributed by atoms with Crippen molar-refractivity contribution in [3.8, 4) is 12.1 Å². The Morgan fingerprint density at radius 1 is 1.20 bits per heavy atom. The predicted molar refractivity (Wildman–Crippen MR) is 74.2 cm³/mol. The molecule has 0 bridgehead atoms. The van der Waals surface area contributed by atoms with E-state index in [0.717, 1.165) is 16.5 Å². The molecule has 0 radical (unpaired) electrons. The van der Waals surface area contributed by atoms with E-state index in [0.29, 0.717) is 11.3 Å². The first-order valence-corrected chi connectivity index (χ1v) is 5.74. The van der Waals surface area contributed by atoms with Crippen LogP contribution in [0.2, 0.25) is 0 Å². The molecule has 0 spiro atoms. The van der Waals surface area contributed by atoms with Gasteiger partial charge in [-0.3, -0.25) is 5.43 Å². The third-order valence-corrected chi connectivity index (χ3v) is 2.80. The molecule has 1 aromatic heterocycles. The summed E-state index contributed by atoms with van der Waals surface area (Å²) in [5.74, 6) is 0. The van der Waals surface area contributed by atoms with Gasteiger partial charge in [0.1, 0.15) is 17.7 Å². The van der Waals surface area contributed by atoms with Crippen molar-refractivity contribution in [3.63, 3.8) is 0 Å². The van der Waals surface area contributed by atoms with Gasteiger partial charge in [-0.15, -0.1) is 0 Å². The highest BCUT2D eigenvalue weighted by Crippen LogP contribution is 2.24. The fraction of sp³-hybridized carbons (Fsp3) is 0.143. The summed E-state index contributed by atoms with van der Waals surface area (Å²) in [6, 6.07) is 8.20. The molecule has 0 aliphatic heterocycles. The third-order valence-electron chi connectivity index (χ3n) is 2.80. The van der Waals surface area contributed by atoms with Crippen LogP contribution >= 0.6 is 0 Å². The van der Waals surface area contributed by atoms with Crippen molar-refractivity contribution < 1.29 is 4.42 Å². The predicted octanol–water partition coefficient (Wildman–Crippen LogP) is 2.22. The standard InChI is InChI=1S/C14H10N4O2/c1-8-4-14(19)20-13-3-9(2)12(5-11(8)13)18-17-10(6-15)7-16/h3-5,18H,1-2H3. The lowest BCUT2D eigenvalue weighted by Crippen LogP contribution is -2.01. The summed E-state index contributed by atoms with van der Waals surface area (Å²) in [6.07, 6.45) is 0. The summed E-state index contributed by atoms with van der Waals surface area (Å²) >= 11 is 0. The highest BCUT2D eigenvalue weighted by molar-refractivity contribution is 6.10. The van der Waals surface area contributed by atoms with Crippen molar-refractivity contribution in [2.24, 2.45) is 5.10 Å². The Kier molecular flexibility index (Phi) is 3.49. The summed E-state index contributed by atoms with van der Waals surface area (Å²) < 4.78 is 5.12. The fourth-order valence-electron chi connectivity index (χ4n) is 1.78. The van der Waals surface area contributed by atoms with E-state index in [1.165, 1.54) is 6.07 Å². The molecule has 1 N–H and O–H groups in total. The summed E-state index contributed by atoms with van der Waals surface area (Å²) in [7, 11) is 0. The number of hydrogen-bond donors (Lipinski definition) is 1. The summed E-state index contributed by atoms with van der Waals surface area (Å²) in [4.78, 5) is 11.3. The van der Waals surface area contributed by atoms with E-state index in [-0.39, 0.29) is 5.71 Å². The van der Waals surface area contributed by atoms with Crippen molar-refractivity contribution >= 4 is 22.4 Å². The highest BCUT2D eigenvalue weighted by Gasteiger charge is 2.07. The number of nitriles is 2. The maximum Gasteiger partial charge on any atom is 0.336 e. The number of rotatable bonds is 2. The average Bonchev–Trinajstić information content (AvgIpc) is 2.40. The number of aryl methyl sites for hydroxylation is 2. The van der Waals surface area contributed by atoms with Gasteiger partial charge in [-0.2, -0.15) is 15.6 Å². The molecule has 1 aromatic carbocycles. The van der Waals surface area contributed by atoms with Crippen LogP contribution in [0.1, 0.15) is 11.1 Å². The Balaban J connectivity index is 2.54. The van der Waals surface area contributed by atoms with Crippen LogP contribution in [0.3, 0.4) is 0 Å². The first-order chi connectivity index (χ1) is 9.55. The lowest BCUT2D eigenvalue weighted by Gasteiger charge is -2.07. The van der Waals surface area contributed by atoms with E-state index >= 15 is 0 Å². The number of nitrogens with zero attached hydrogens (tertiary/aromatic N) is 3. The van der Waals surface area contributed by atoms with E-state index in [4.69, 9.17) is 14.9 Å². The van der Waals surface area contributed by atoms with E-state index in [9.17, 15) is 4.79 Å². The first kappa shape index (κ1) is 13.3. The molecule has 2 aromatic rings. The summed E-state index contributed by atoms with van der Waals surface area (Å²) in [6.45, 7) is 3.61. The molecule has 98 valence electrons. The zero-order valence-corrected chi connectivity index (χ0v) is 10.9. The lowest BCUT2D eigenvalue weighted by atomic mass is 10.1. The monoisotopic (exact) mass is 266 g/mol. The van der Waals surface area contributed by atoms with Crippen LogP contribution in [0, 0.1) is 36.5 Å². The van der Waals surface area contributed by atoms with Gasteiger partial charge < -0.3 is 4.42 Å². The van der Waals surface area contributed by atoms with Gasteiger partial charge in [0, 0.05) is 11.5 Å². The van der Waals surface area contributed by atoms with Crippen LogP contribution in [0.15, 0.2) is 32.5 Å². The van der Waals surface area contributed by atoms with Crippen LogP contribution in [0.5, 0.6) is 0 Å². The second-order valence-electron chi connectivity index (χ2n) is 4.21. The minimum absolute atomic E-state index is 0.263. The zero-order chi connectivity index (χ0) is 14.7. The van der Waals surface area contributed by atoms with Crippen LogP contribution in [-0.4, -0.2) is 5.71 Å². The van der Waals surface area contributed by atoms with Gasteiger partial charge in [-0.25, -0.2) is 4.79 Å². The van der Waals surface area contributed by atoms with Crippen LogP contribution in [0.25, 0.3) is 11.0 Å². The maximum atomic E-state index is 11.3. The number of fused-ring (bicyclic) bond motifs is 1. The van der Waals surface area contributed by atoms with Gasteiger partial charge in [0.15, 0.2) is 0 Å². The Morgan fingerprint density at radius 3 is 2.55 bits per heavy atom. The second kappa shape index (κ2) is 5.25. The Morgan fingerprint density at radius 2 is 1.90 bits per heavy atom. The SMILES string of the molecule is Cc1cc2oc(=O)cc(C)c2cc1NN=C(C#N)C#N. The Labute approximate surface area is 114 Å². The molecule has 2 rings (SSSR count). The van der Waals surface area contributed by atoms with E-state index in [2.05, 4.69) is 10.5 Å². The number of nitrogens with one attached hydrogen (secondary N) is 1. The number of anilines is 1. The largest absolute Gasteiger partial charge is 0.423 e. The molecule has 6 nitrogen and oxygen atoms in total. The van der Waals surface area contributed by atoms with Gasteiger partial charge >= 0.3 is 5.63 Å². The van der Waals surface area contributed by atoms with Gasteiger partial charge in [0.25, 0.3) is 0 Å². The smallest absolute Gasteiger partial charge is 0.336 e. The third kappa shape index (κ3) is 2.50. The number of benzene rings is 1. The molecular weight excluding hydrogens is 256 g/mol. The molecule has 20 heavy (non-hydrogen) atoms. The minimum Gasteiger partial charge on any atom is -0.423 e.